The first-order valence-corrected chi connectivity index (χ1v) is 25.9. The van der Waals surface area contributed by atoms with E-state index < -0.39 is 6.10 Å². The molecule has 362 valence electrons. The Kier molecular flexibility index (Phi) is 48.5. The molecule has 0 radical (unpaired) electrons. The Bertz CT molecular complexity index is 1340. The quantitative estimate of drug-likeness (QED) is 0.0262. The first-order chi connectivity index (χ1) is 31.5. The smallest absolute Gasteiger partial charge is 0.306 e. The van der Waals surface area contributed by atoms with Crippen molar-refractivity contribution < 1.29 is 28.6 Å². The fourth-order valence-electron chi connectivity index (χ4n) is 6.61. The van der Waals surface area contributed by atoms with Crippen LogP contribution < -0.4 is 0 Å². The van der Waals surface area contributed by atoms with E-state index in [9.17, 15) is 14.4 Å². The number of ether oxygens (including phenoxy) is 3. The highest BCUT2D eigenvalue weighted by atomic mass is 16.6. The average molecular weight is 887 g/mol. The minimum atomic E-state index is -0.820. The molecule has 0 aliphatic carbocycles. The highest BCUT2D eigenvalue weighted by Gasteiger charge is 2.19. The maximum absolute atomic E-state index is 12.8. The van der Waals surface area contributed by atoms with Crippen molar-refractivity contribution in [3.8, 4) is 0 Å². The molecule has 0 amide bonds. The van der Waals surface area contributed by atoms with E-state index in [2.05, 4.69) is 118 Å². The van der Waals surface area contributed by atoms with Gasteiger partial charge in [-0.3, -0.25) is 14.4 Å². The Labute approximate surface area is 393 Å². The van der Waals surface area contributed by atoms with Crippen LogP contribution in [0.25, 0.3) is 0 Å². The van der Waals surface area contributed by atoms with E-state index in [1.165, 1.54) is 57.8 Å². The molecule has 0 aromatic heterocycles. The van der Waals surface area contributed by atoms with E-state index in [1.807, 2.05) is 12.2 Å². The number of esters is 3. The lowest BCUT2D eigenvalue weighted by Crippen LogP contribution is -2.30. The second-order valence-corrected chi connectivity index (χ2v) is 16.7. The summed E-state index contributed by atoms with van der Waals surface area (Å²) in [6.45, 7) is 6.37. The van der Waals surface area contributed by atoms with Gasteiger partial charge in [-0.25, -0.2) is 0 Å². The van der Waals surface area contributed by atoms with Crippen LogP contribution in [0.2, 0.25) is 0 Å². The monoisotopic (exact) mass is 887 g/mol. The second kappa shape index (κ2) is 51.7. The van der Waals surface area contributed by atoms with Gasteiger partial charge in [-0.1, -0.05) is 194 Å². The molecular formula is C58H94O6. The maximum Gasteiger partial charge on any atom is 0.306 e. The predicted octanol–water partition coefficient (Wildman–Crippen LogP) is 17.1. The summed E-state index contributed by atoms with van der Waals surface area (Å²) in [5.41, 5.74) is 0. The molecular weight excluding hydrogens is 793 g/mol. The number of hydrogen-bond acceptors (Lipinski definition) is 6. The molecule has 0 saturated carbocycles. The summed E-state index contributed by atoms with van der Waals surface area (Å²) in [4.78, 5) is 37.9. The molecule has 64 heavy (non-hydrogen) atoms. The third kappa shape index (κ3) is 49.1. The van der Waals surface area contributed by atoms with Crippen LogP contribution in [-0.4, -0.2) is 37.2 Å². The van der Waals surface area contributed by atoms with Crippen molar-refractivity contribution in [3.63, 3.8) is 0 Å². The summed E-state index contributed by atoms with van der Waals surface area (Å²) < 4.78 is 16.7. The van der Waals surface area contributed by atoms with Crippen molar-refractivity contribution in [1.29, 1.82) is 0 Å². The van der Waals surface area contributed by atoms with Gasteiger partial charge in [0, 0.05) is 19.3 Å². The van der Waals surface area contributed by atoms with Crippen LogP contribution >= 0.6 is 0 Å². The fourth-order valence-corrected chi connectivity index (χ4v) is 6.61. The Balaban J connectivity index is 4.54. The van der Waals surface area contributed by atoms with Gasteiger partial charge in [-0.2, -0.15) is 0 Å². The lowest BCUT2D eigenvalue weighted by Gasteiger charge is -2.18. The molecule has 0 heterocycles. The summed E-state index contributed by atoms with van der Waals surface area (Å²) in [6, 6.07) is 0. The number of unbranched alkanes of at least 4 members (excludes halogenated alkanes) is 16. The molecule has 0 aromatic carbocycles. The highest BCUT2D eigenvalue weighted by Crippen LogP contribution is 2.12. The Morgan fingerprint density at radius 3 is 1.06 bits per heavy atom. The molecule has 0 aliphatic heterocycles. The van der Waals surface area contributed by atoms with E-state index in [4.69, 9.17) is 14.2 Å². The lowest BCUT2D eigenvalue weighted by molar-refractivity contribution is -0.166. The summed E-state index contributed by atoms with van der Waals surface area (Å²) in [7, 11) is 0. The van der Waals surface area contributed by atoms with Gasteiger partial charge in [0.15, 0.2) is 6.10 Å². The van der Waals surface area contributed by atoms with Crippen molar-refractivity contribution >= 4 is 17.9 Å². The van der Waals surface area contributed by atoms with Gasteiger partial charge in [0.2, 0.25) is 0 Å². The number of allylic oxidation sites excluding steroid dienone is 18. The summed E-state index contributed by atoms with van der Waals surface area (Å²) in [5, 5.41) is 0. The van der Waals surface area contributed by atoms with Crippen LogP contribution in [0.4, 0.5) is 0 Å². The molecule has 6 nitrogen and oxygen atoms in total. The molecule has 0 N–H and O–H groups in total. The Morgan fingerprint density at radius 1 is 0.328 bits per heavy atom. The first kappa shape index (κ1) is 60.1. The third-order valence-electron chi connectivity index (χ3n) is 10.5. The largest absolute Gasteiger partial charge is 0.462 e. The van der Waals surface area contributed by atoms with E-state index in [-0.39, 0.29) is 37.5 Å². The van der Waals surface area contributed by atoms with Gasteiger partial charge in [-0.15, -0.1) is 0 Å². The van der Waals surface area contributed by atoms with Gasteiger partial charge in [-0.05, 0) is 116 Å². The van der Waals surface area contributed by atoms with Gasteiger partial charge in [0.05, 0.1) is 0 Å². The zero-order valence-corrected chi connectivity index (χ0v) is 41.3. The summed E-state index contributed by atoms with van der Waals surface area (Å²) >= 11 is 0. The van der Waals surface area contributed by atoms with Gasteiger partial charge in [0.25, 0.3) is 0 Å². The van der Waals surface area contributed by atoms with E-state index in [1.54, 1.807) is 0 Å². The van der Waals surface area contributed by atoms with Crippen molar-refractivity contribution in [1.82, 2.24) is 0 Å². The SMILES string of the molecule is CC/C=C\C/C=C\C/C=C\C/C=C\C/C=C\C/C=C\CCC(=O)OCC(COC(=O)CCCCCCC/C=C\CCCCC)OC(=O)CCCCCCC/C=C\C/C=C\CCCCC. The molecule has 0 bridgehead atoms. The maximum atomic E-state index is 12.8. The van der Waals surface area contributed by atoms with E-state index in [0.717, 1.165) is 116 Å². The van der Waals surface area contributed by atoms with E-state index >= 15 is 0 Å². The lowest BCUT2D eigenvalue weighted by atomic mass is 10.1. The van der Waals surface area contributed by atoms with Crippen LogP contribution in [0, 0.1) is 0 Å². The minimum Gasteiger partial charge on any atom is -0.462 e. The summed E-state index contributed by atoms with van der Waals surface area (Å²) in [6.07, 6.45) is 69.4. The summed E-state index contributed by atoms with van der Waals surface area (Å²) in [5.74, 6) is -1.03. The van der Waals surface area contributed by atoms with Gasteiger partial charge >= 0.3 is 17.9 Å². The normalized spacial score (nSPS) is 13.0. The van der Waals surface area contributed by atoms with Crippen LogP contribution in [0.1, 0.15) is 220 Å². The Hall–Kier alpha value is -3.93. The molecule has 0 fully saturated rings. The first-order valence-electron chi connectivity index (χ1n) is 25.9. The number of rotatable bonds is 45. The number of carbonyl (C=O) groups is 3. The van der Waals surface area contributed by atoms with Crippen LogP contribution in [-0.2, 0) is 28.6 Å². The number of hydrogen-bond donors (Lipinski definition) is 0. The van der Waals surface area contributed by atoms with Crippen LogP contribution in [0.3, 0.4) is 0 Å². The van der Waals surface area contributed by atoms with Crippen molar-refractivity contribution in [2.75, 3.05) is 13.2 Å². The molecule has 1 atom stereocenters. The second-order valence-electron chi connectivity index (χ2n) is 16.7. The molecule has 0 spiro atoms. The molecule has 0 saturated heterocycles. The number of carbonyl (C=O) groups excluding carboxylic acids is 3. The standard InChI is InChI=1S/C58H94O6/c1-4-7-10-13-16-19-22-25-27-28-29-30-32-33-36-39-42-45-48-51-57(60)63-54-55(53-62-56(59)50-47-44-41-38-35-24-21-18-15-12-9-6-3)64-58(61)52-49-46-43-40-37-34-31-26-23-20-17-14-11-8-5-2/h7,10,16-21,25-27,29-31,33,36,42,45,55H,4-6,8-9,11-15,22-24,28,32,34-35,37-41,43-44,46-54H2,1-3H3/b10-7-,19-16-,20-17-,21-18-,27-25-,30-29-,31-26-,36-33-,45-42-. The predicted molar refractivity (Wildman–Crippen MR) is 274 cm³/mol. The van der Waals surface area contributed by atoms with Crippen LogP contribution in [0.15, 0.2) is 109 Å². The van der Waals surface area contributed by atoms with E-state index in [0.29, 0.717) is 19.3 Å². The third-order valence-corrected chi connectivity index (χ3v) is 10.5. The Morgan fingerprint density at radius 2 is 0.641 bits per heavy atom. The molecule has 0 aromatic rings. The topological polar surface area (TPSA) is 78.9 Å². The average Bonchev–Trinajstić information content (AvgIpc) is 3.29. The zero-order chi connectivity index (χ0) is 46.5. The van der Waals surface area contributed by atoms with Crippen LogP contribution in [0.5, 0.6) is 0 Å². The zero-order valence-electron chi connectivity index (χ0n) is 41.3. The molecule has 1 unspecified atom stereocenters. The highest BCUT2D eigenvalue weighted by molar-refractivity contribution is 5.71. The molecule has 0 rings (SSSR count). The van der Waals surface area contributed by atoms with Crippen molar-refractivity contribution in [3.05, 3.63) is 109 Å². The molecule has 0 aliphatic rings. The molecule has 6 heteroatoms. The van der Waals surface area contributed by atoms with Gasteiger partial charge in [0.1, 0.15) is 13.2 Å². The minimum absolute atomic E-state index is 0.113. The van der Waals surface area contributed by atoms with Crippen molar-refractivity contribution in [2.45, 2.75) is 226 Å². The van der Waals surface area contributed by atoms with Gasteiger partial charge < -0.3 is 14.2 Å². The van der Waals surface area contributed by atoms with Crippen molar-refractivity contribution in [2.24, 2.45) is 0 Å². The fraction of sp³-hybridized carbons (Fsp3) is 0.638.